The molecule has 2 aromatic heterocycles. The Morgan fingerprint density at radius 3 is 2.82 bits per heavy atom. The quantitative estimate of drug-likeness (QED) is 0.652. The molecule has 3 rings (SSSR count). The summed E-state index contributed by atoms with van der Waals surface area (Å²) in [5.41, 5.74) is 1.82. The topological polar surface area (TPSA) is 65.7 Å². The molecule has 0 fully saturated rings. The van der Waals surface area contributed by atoms with Gasteiger partial charge in [0.1, 0.15) is 11.4 Å². The van der Waals surface area contributed by atoms with Gasteiger partial charge in [0.2, 0.25) is 5.16 Å². The van der Waals surface area contributed by atoms with Crippen LogP contribution in [0, 0.1) is 0 Å². The molecule has 0 aliphatic heterocycles. The van der Waals surface area contributed by atoms with Crippen molar-refractivity contribution in [3.63, 3.8) is 0 Å². The van der Waals surface area contributed by atoms with Crippen molar-refractivity contribution in [3.05, 3.63) is 54.4 Å². The first-order valence-corrected chi connectivity index (χ1v) is 7.90. The summed E-state index contributed by atoms with van der Waals surface area (Å²) in [7, 11) is 0. The summed E-state index contributed by atoms with van der Waals surface area (Å²) in [5.74, 6) is 1.47. The van der Waals surface area contributed by atoms with Crippen LogP contribution < -0.4 is 4.74 Å². The number of hydrogen-bond donors (Lipinski definition) is 0. The molecule has 0 aliphatic carbocycles. The minimum absolute atomic E-state index is 0.593. The highest BCUT2D eigenvalue weighted by Crippen LogP contribution is 2.27. The molecular weight excluding hydrogens is 298 g/mol. The molecule has 7 heteroatoms. The van der Waals surface area contributed by atoms with E-state index in [2.05, 4.69) is 20.5 Å². The van der Waals surface area contributed by atoms with Crippen LogP contribution >= 0.6 is 11.8 Å². The molecule has 112 valence electrons. The zero-order valence-electron chi connectivity index (χ0n) is 12.1. The number of benzene rings is 1. The number of para-hydroxylation sites is 2. The maximum atomic E-state index is 5.64. The van der Waals surface area contributed by atoms with Crippen LogP contribution in [0.25, 0.3) is 5.69 Å². The van der Waals surface area contributed by atoms with E-state index in [1.807, 2.05) is 49.4 Å². The van der Waals surface area contributed by atoms with Gasteiger partial charge < -0.3 is 4.74 Å². The van der Waals surface area contributed by atoms with Crippen LogP contribution in [-0.2, 0) is 5.75 Å². The van der Waals surface area contributed by atoms with Crippen molar-refractivity contribution in [2.45, 2.75) is 17.8 Å². The van der Waals surface area contributed by atoms with Crippen LogP contribution in [0.3, 0.4) is 0 Å². The Bertz CT molecular complexity index is 732. The van der Waals surface area contributed by atoms with Gasteiger partial charge in [-0.25, -0.2) is 0 Å². The average Bonchev–Trinajstić information content (AvgIpc) is 3.03. The SMILES string of the molecule is CCOc1ccccc1-n1nnnc1SCc1ccccn1. The largest absolute Gasteiger partial charge is 0.492 e. The standard InChI is InChI=1S/C15H15N5OS/c1-2-21-14-9-4-3-8-13(14)20-15(17-18-19-20)22-11-12-7-5-6-10-16-12/h3-10H,2,11H2,1H3. The molecule has 0 N–H and O–H groups in total. The summed E-state index contributed by atoms with van der Waals surface area (Å²) in [6, 6.07) is 13.6. The van der Waals surface area contributed by atoms with Gasteiger partial charge in [-0.15, -0.1) is 5.10 Å². The minimum atomic E-state index is 0.593. The fourth-order valence-electron chi connectivity index (χ4n) is 1.95. The Kier molecular flexibility index (Phi) is 4.65. The van der Waals surface area contributed by atoms with Crippen LogP contribution in [0.15, 0.2) is 53.8 Å². The van der Waals surface area contributed by atoms with E-state index < -0.39 is 0 Å². The van der Waals surface area contributed by atoms with Crippen LogP contribution in [0.5, 0.6) is 5.75 Å². The maximum absolute atomic E-state index is 5.64. The van der Waals surface area contributed by atoms with E-state index >= 15 is 0 Å². The second-order valence-electron chi connectivity index (χ2n) is 4.38. The lowest BCUT2D eigenvalue weighted by atomic mass is 10.3. The molecule has 2 heterocycles. The lowest BCUT2D eigenvalue weighted by Gasteiger charge is -2.10. The maximum Gasteiger partial charge on any atom is 0.214 e. The minimum Gasteiger partial charge on any atom is -0.492 e. The van der Waals surface area contributed by atoms with Crippen molar-refractivity contribution in [2.24, 2.45) is 0 Å². The fourth-order valence-corrected chi connectivity index (χ4v) is 2.75. The van der Waals surface area contributed by atoms with E-state index in [-0.39, 0.29) is 0 Å². The number of ether oxygens (including phenoxy) is 1. The van der Waals surface area contributed by atoms with E-state index in [9.17, 15) is 0 Å². The third-order valence-corrected chi connectivity index (χ3v) is 3.86. The zero-order chi connectivity index (χ0) is 15.2. The van der Waals surface area contributed by atoms with Crippen LogP contribution in [-0.4, -0.2) is 31.8 Å². The molecule has 3 aromatic rings. The lowest BCUT2D eigenvalue weighted by Crippen LogP contribution is -2.03. The van der Waals surface area contributed by atoms with E-state index in [1.54, 1.807) is 10.9 Å². The normalized spacial score (nSPS) is 10.6. The average molecular weight is 313 g/mol. The van der Waals surface area contributed by atoms with Crippen molar-refractivity contribution < 1.29 is 4.74 Å². The highest BCUT2D eigenvalue weighted by atomic mass is 32.2. The van der Waals surface area contributed by atoms with Crippen molar-refractivity contribution in [3.8, 4) is 11.4 Å². The first-order chi connectivity index (χ1) is 10.9. The van der Waals surface area contributed by atoms with E-state index in [0.29, 0.717) is 17.5 Å². The van der Waals surface area contributed by atoms with E-state index in [1.165, 1.54) is 11.8 Å². The number of pyridine rings is 1. The van der Waals surface area contributed by atoms with E-state index in [4.69, 9.17) is 4.74 Å². The van der Waals surface area contributed by atoms with Gasteiger partial charge in [-0.2, -0.15) is 4.68 Å². The number of thioether (sulfide) groups is 1. The monoisotopic (exact) mass is 313 g/mol. The number of nitrogens with zero attached hydrogens (tertiary/aromatic N) is 5. The smallest absolute Gasteiger partial charge is 0.214 e. The van der Waals surface area contributed by atoms with Gasteiger partial charge in [-0.05, 0) is 41.6 Å². The lowest BCUT2D eigenvalue weighted by molar-refractivity contribution is 0.337. The van der Waals surface area contributed by atoms with E-state index in [0.717, 1.165) is 17.1 Å². The van der Waals surface area contributed by atoms with Gasteiger partial charge in [0.25, 0.3) is 0 Å². The Morgan fingerprint density at radius 2 is 2.00 bits per heavy atom. The Balaban J connectivity index is 1.83. The summed E-state index contributed by atoms with van der Waals surface area (Å²) < 4.78 is 7.33. The van der Waals surface area contributed by atoms with Gasteiger partial charge in [0.15, 0.2) is 0 Å². The van der Waals surface area contributed by atoms with Crippen LogP contribution in [0.4, 0.5) is 0 Å². The number of tetrazole rings is 1. The van der Waals surface area contributed by atoms with Crippen LogP contribution in [0.2, 0.25) is 0 Å². The predicted octanol–water partition coefficient (Wildman–Crippen LogP) is 2.75. The number of hydrogen-bond acceptors (Lipinski definition) is 6. The molecule has 0 saturated heterocycles. The first-order valence-electron chi connectivity index (χ1n) is 6.91. The molecule has 0 saturated carbocycles. The van der Waals surface area contributed by atoms with Gasteiger partial charge in [-0.3, -0.25) is 4.98 Å². The van der Waals surface area contributed by atoms with Gasteiger partial charge in [0, 0.05) is 11.9 Å². The summed E-state index contributed by atoms with van der Waals surface area (Å²) >= 11 is 1.54. The molecular formula is C15H15N5OS. The third kappa shape index (κ3) is 3.25. The summed E-state index contributed by atoms with van der Waals surface area (Å²) in [6.45, 7) is 2.54. The highest BCUT2D eigenvalue weighted by molar-refractivity contribution is 7.98. The Labute approximate surface area is 132 Å². The summed E-state index contributed by atoms with van der Waals surface area (Å²) in [6.07, 6.45) is 1.78. The number of rotatable bonds is 6. The molecule has 6 nitrogen and oxygen atoms in total. The molecule has 22 heavy (non-hydrogen) atoms. The molecule has 1 aromatic carbocycles. The number of aromatic nitrogens is 5. The molecule has 0 radical (unpaired) electrons. The summed E-state index contributed by atoms with van der Waals surface area (Å²) in [4.78, 5) is 4.30. The van der Waals surface area contributed by atoms with Crippen molar-refractivity contribution in [1.82, 2.24) is 25.2 Å². The molecule has 0 bridgehead atoms. The molecule has 0 aliphatic rings. The highest BCUT2D eigenvalue weighted by Gasteiger charge is 2.13. The molecule has 0 unspecified atom stereocenters. The second kappa shape index (κ2) is 7.04. The predicted molar refractivity (Wildman–Crippen MR) is 84.1 cm³/mol. The van der Waals surface area contributed by atoms with Gasteiger partial charge >= 0.3 is 0 Å². The second-order valence-corrected chi connectivity index (χ2v) is 5.33. The molecule has 0 atom stereocenters. The van der Waals surface area contributed by atoms with Crippen molar-refractivity contribution in [2.75, 3.05) is 6.61 Å². The summed E-state index contributed by atoms with van der Waals surface area (Å²) in [5, 5.41) is 12.7. The Hall–Kier alpha value is -2.41. The fraction of sp³-hybridized carbons (Fsp3) is 0.200. The van der Waals surface area contributed by atoms with Crippen molar-refractivity contribution >= 4 is 11.8 Å². The molecule has 0 spiro atoms. The van der Waals surface area contributed by atoms with Crippen molar-refractivity contribution in [1.29, 1.82) is 0 Å². The molecule has 0 amide bonds. The Morgan fingerprint density at radius 1 is 1.14 bits per heavy atom. The first kappa shape index (κ1) is 14.5. The van der Waals surface area contributed by atoms with Gasteiger partial charge in [-0.1, -0.05) is 30.0 Å². The van der Waals surface area contributed by atoms with Crippen LogP contribution in [0.1, 0.15) is 12.6 Å². The zero-order valence-corrected chi connectivity index (χ0v) is 12.9. The van der Waals surface area contributed by atoms with Gasteiger partial charge in [0.05, 0.1) is 12.3 Å². The third-order valence-electron chi connectivity index (χ3n) is 2.91.